The molecule has 134 valence electrons. The molecule has 26 heavy (non-hydrogen) atoms. The highest BCUT2D eigenvalue weighted by molar-refractivity contribution is 6.11. The maximum atomic E-state index is 12.6. The van der Waals surface area contributed by atoms with Gasteiger partial charge in [-0.15, -0.1) is 0 Å². The molecular formula is C19H21N5O2. The van der Waals surface area contributed by atoms with Crippen molar-refractivity contribution in [1.29, 1.82) is 0 Å². The van der Waals surface area contributed by atoms with Crippen LogP contribution < -0.4 is 10.1 Å². The maximum Gasteiger partial charge on any atom is 0.259 e. The largest absolute Gasteiger partial charge is 0.474 e. The Balaban J connectivity index is 1.53. The lowest BCUT2D eigenvalue weighted by atomic mass is 10.1. The van der Waals surface area contributed by atoms with Gasteiger partial charge in [-0.3, -0.25) is 9.78 Å². The molecule has 1 aliphatic rings. The third-order valence-corrected chi connectivity index (χ3v) is 4.63. The summed E-state index contributed by atoms with van der Waals surface area (Å²) < 4.78 is 6.04. The Morgan fingerprint density at radius 1 is 1.23 bits per heavy atom. The summed E-state index contributed by atoms with van der Waals surface area (Å²) in [6.45, 7) is 2.05. The zero-order valence-corrected chi connectivity index (χ0v) is 14.6. The van der Waals surface area contributed by atoms with E-state index in [-0.39, 0.29) is 12.0 Å². The minimum absolute atomic E-state index is 0.171. The van der Waals surface area contributed by atoms with Gasteiger partial charge in [-0.2, -0.15) is 0 Å². The van der Waals surface area contributed by atoms with Crippen LogP contribution in [-0.2, 0) is 0 Å². The molecule has 0 atom stereocenters. The Bertz CT molecular complexity index is 901. The minimum Gasteiger partial charge on any atom is -0.474 e. The lowest BCUT2D eigenvalue weighted by molar-refractivity contribution is 0.102. The molecule has 3 aromatic rings. The van der Waals surface area contributed by atoms with Crippen LogP contribution in [0.1, 0.15) is 23.2 Å². The van der Waals surface area contributed by atoms with E-state index in [4.69, 9.17) is 4.74 Å². The fraction of sp³-hybridized carbons (Fsp3) is 0.316. The number of carbonyl (C=O) groups is 1. The Hall–Kier alpha value is -2.93. The van der Waals surface area contributed by atoms with Crippen LogP contribution in [-0.4, -0.2) is 52.0 Å². The number of carbonyl (C=O) groups excluding carboxylic acids is 1. The first-order valence-electron chi connectivity index (χ1n) is 8.74. The number of ether oxygens (including phenoxy) is 1. The predicted octanol–water partition coefficient (Wildman–Crippen LogP) is 2.68. The zero-order valence-electron chi connectivity index (χ0n) is 14.6. The van der Waals surface area contributed by atoms with Crippen molar-refractivity contribution in [3.63, 3.8) is 0 Å². The molecule has 0 aromatic carbocycles. The van der Waals surface area contributed by atoms with Crippen molar-refractivity contribution in [2.75, 3.05) is 25.5 Å². The van der Waals surface area contributed by atoms with E-state index in [0.29, 0.717) is 22.6 Å². The molecule has 0 saturated carbocycles. The first-order valence-corrected chi connectivity index (χ1v) is 8.74. The average molecular weight is 351 g/mol. The first kappa shape index (κ1) is 16.5. The number of hydrogen-bond acceptors (Lipinski definition) is 5. The van der Waals surface area contributed by atoms with E-state index in [9.17, 15) is 4.79 Å². The number of aromatic nitrogens is 3. The third-order valence-electron chi connectivity index (χ3n) is 4.63. The summed E-state index contributed by atoms with van der Waals surface area (Å²) in [5, 5.41) is 2.86. The summed E-state index contributed by atoms with van der Waals surface area (Å²) in [4.78, 5) is 26.5. The minimum atomic E-state index is -0.216. The molecule has 1 amide bonds. The average Bonchev–Trinajstić information content (AvgIpc) is 3.08. The van der Waals surface area contributed by atoms with Crippen molar-refractivity contribution in [2.24, 2.45) is 0 Å². The quantitative estimate of drug-likeness (QED) is 0.755. The molecule has 4 heterocycles. The Labute approximate surface area is 151 Å². The van der Waals surface area contributed by atoms with E-state index in [1.807, 2.05) is 12.1 Å². The maximum absolute atomic E-state index is 12.6. The van der Waals surface area contributed by atoms with E-state index in [2.05, 4.69) is 32.2 Å². The Morgan fingerprint density at radius 2 is 2.00 bits per heavy atom. The molecule has 7 heteroatoms. The van der Waals surface area contributed by atoms with Crippen LogP contribution in [0.3, 0.4) is 0 Å². The molecular weight excluding hydrogens is 330 g/mol. The number of nitrogens with zero attached hydrogens (tertiary/aromatic N) is 3. The zero-order chi connectivity index (χ0) is 17.9. The summed E-state index contributed by atoms with van der Waals surface area (Å²) in [6, 6.07) is 7.24. The first-order chi connectivity index (χ1) is 12.7. The molecule has 3 aromatic heterocycles. The topological polar surface area (TPSA) is 83.1 Å². The van der Waals surface area contributed by atoms with Crippen molar-refractivity contribution in [1.82, 2.24) is 19.9 Å². The highest BCUT2D eigenvalue weighted by Crippen LogP contribution is 2.23. The van der Waals surface area contributed by atoms with Crippen molar-refractivity contribution in [3.05, 3.63) is 48.4 Å². The third kappa shape index (κ3) is 3.52. The summed E-state index contributed by atoms with van der Waals surface area (Å²) in [7, 11) is 2.12. The van der Waals surface area contributed by atoms with Crippen molar-refractivity contribution in [2.45, 2.75) is 18.9 Å². The normalized spacial score (nSPS) is 15.9. The van der Waals surface area contributed by atoms with Crippen LogP contribution in [0.4, 0.5) is 5.69 Å². The second kappa shape index (κ2) is 7.13. The molecule has 0 unspecified atom stereocenters. The second-order valence-electron chi connectivity index (χ2n) is 6.56. The van der Waals surface area contributed by atoms with Crippen LogP contribution in [0, 0.1) is 0 Å². The molecule has 1 saturated heterocycles. The molecule has 1 aliphatic heterocycles. The van der Waals surface area contributed by atoms with Crippen LogP contribution in [0.25, 0.3) is 11.0 Å². The number of nitrogens with one attached hydrogen (secondary N) is 2. The van der Waals surface area contributed by atoms with Crippen LogP contribution in [0.2, 0.25) is 0 Å². The molecule has 0 spiro atoms. The van der Waals surface area contributed by atoms with E-state index < -0.39 is 0 Å². The van der Waals surface area contributed by atoms with Gasteiger partial charge in [0.05, 0.1) is 11.1 Å². The summed E-state index contributed by atoms with van der Waals surface area (Å²) >= 11 is 0. The van der Waals surface area contributed by atoms with Crippen LogP contribution in [0.5, 0.6) is 5.88 Å². The van der Waals surface area contributed by atoms with Gasteiger partial charge in [-0.05, 0) is 38.1 Å². The predicted molar refractivity (Wildman–Crippen MR) is 99.4 cm³/mol. The summed E-state index contributed by atoms with van der Waals surface area (Å²) in [5.74, 6) is 0.344. The number of likely N-dealkylation sites (tertiary alicyclic amines) is 1. The SMILES string of the molecule is CN1CCC(Oc2ccc3[nH]cc(C(=O)Nc4ccncc4)c3n2)CC1. The fourth-order valence-corrected chi connectivity index (χ4v) is 3.13. The molecule has 4 rings (SSSR count). The molecule has 0 aliphatic carbocycles. The number of amides is 1. The number of anilines is 1. The van der Waals surface area contributed by atoms with Crippen molar-refractivity contribution in [3.8, 4) is 5.88 Å². The fourth-order valence-electron chi connectivity index (χ4n) is 3.13. The number of fused-ring (bicyclic) bond motifs is 1. The number of H-pyrrole nitrogens is 1. The smallest absolute Gasteiger partial charge is 0.259 e. The highest BCUT2D eigenvalue weighted by atomic mass is 16.5. The molecule has 1 fully saturated rings. The number of pyridine rings is 2. The van der Waals surface area contributed by atoms with Gasteiger partial charge in [0.1, 0.15) is 11.6 Å². The van der Waals surface area contributed by atoms with E-state index in [0.717, 1.165) is 31.4 Å². The second-order valence-corrected chi connectivity index (χ2v) is 6.56. The molecule has 0 bridgehead atoms. The van der Waals surface area contributed by atoms with Gasteiger partial charge in [-0.1, -0.05) is 0 Å². The van der Waals surface area contributed by atoms with E-state index >= 15 is 0 Å². The highest BCUT2D eigenvalue weighted by Gasteiger charge is 2.20. The number of rotatable bonds is 4. The summed E-state index contributed by atoms with van der Waals surface area (Å²) in [5.41, 5.74) is 2.60. The monoisotopic (exact) mass is 351 g/mol. The van der Waals surface area contributed by atoms with Crippen LogP contribution in [0.15, 0.2) is 42.9 Å². The van der Waals surface area contributed by atoms with E-state index in [1.54, 1.807) is 30.7 Å². The Kier molecular flexibility index (Phi) is 4.53. The molecule has 2 N–H and O–H groups in total. The lowest BCUT2D eigenvalue weighted by Gasteiger charge is -2.28. The Morgan fingerprint density at radius 3 is 2.77 bits per heavy atom. The van der Waals surface area contributed by atoms with Crippen molar-refractivity contribution >= 4 is 22.6 Å². The summed E-state index contributed by atoms with van der Waals surface area (Å²) in [6.07, 6.45) is 7.09. The van der Waals surface area contributed by atoms with Gasteiger partial charge < -0.3 is 19.9 Å². The lowest BCUT2D eigenvalue weighted by Crippen LogP contribution is -2.35. The van der Waals surface area contributed by atoms with Gasteiger partial charge in [0, 0.05) is 43.4 Å². The number of hydrogen-bond donors (Lipinski definition) is 2. The van der Waals surface area contributed by atoms with Crippen LogP contribution >= 0.6 is 0 Å². The molecule has 0 radical (unpaired) electrons. The number of aromatic amines is 1. The van der Waals surface area contributed by atoms with E-state index in [1.165, 1.54) is 0 Å². The standard InChI is InChI=1S/C19H21N5O2/c1-24-10-6-14(7-11-24)26-17-3-2-16-18(23-17)15(12-21-16)19(25)22-13-4-8-20-9-5-13/h2-5,8-9,12,14,21H,6-7,10-11H2,1H3,(H,20,22,25). The van der Waals surface area contributed by atoms with Gasteiger partial charge in [-0.25, -0.2) is 4.98 Å². The van der Waals surface area contributed by atoms with Gasteiger partial charge >= 0.3 is 0 Å². The van der Waals surface area contributed by atoms with Crippen molar-refractivity contribution < 1.29 is 9.53 Å². The van der Waals surface area contributed by atoms with Gasteiger partial charge in [0.15, 0.2) is 0 Å². The van der Waals surface area contributed by atoms with Gasteiger partial charge in [0.25, 0.3) is 5.91 Å². The van der Waals surface area contributed by atoms with Gasteiger partial charge in [0.2, 0.25) is 5.88 Å². The molecule has 7 nitrogen and oxygen atoms in total. The number of piperidine rings is 1.